The smallest absolute Gasteiger partial charge is 0.169 e. The Morgan fingerprint density at radius 1 is 0.885 bits per heavy atom. The van der Waals surface area contributed by atoms with E-state index in [0.717, 1.165) is 24.8 Å². The average molecular weight is 337 g/mol. The van der Waals surface area contributed by atoms with Gasteiger partial charge < -0.3 is 0 Å². The number of Topliss-reactive ketones (excluding diaryl/α,β-unsaturated/α-hetero) is 1. The summed E-state index contributed by atoms with van der Waals surface area (Å²) in [6, 6.07) is 16.7. The van der Waals surface area contributed by atoms with E-state index in [1.807, 2.05) is 12.1 Å². The van der Waals surface area contributed by atoms with Gasteiger partial charge in [0.2, 0.25) is 0 Å². The number of rotatable bonds is 2. The highest BCUT2D eigenvalue weighted by Gasteiger charge is 2.22. The van der Waals surface area contributed by atoms with Gasteiger partial charge in [-0.25, -0.2) is 0 Å². The Balaban J connectivity index is 1.65. The summed E-state index contributed by atoms with van der Waals surface area (Å²) in [5.41, 5.74) is 6.10. The van der Waals surface area contributed by atoms with Gasteiger partial charge in [-0.15, -0.1) is 0 Å². The van der Waals surface area contributed by atoms with Gasteiger partial charge in [0.1, 0.15) is 0 Å². The number of aryl methyl sites for hydroxylation is 1. The Labute approximate surface area is 152 Å². The topological polar surface area (TPSA) is 30.0 Å². The second-order valence-electron chi connectivity index (χ2n) is 7.08. The standard InChI is InChI=1S/C24H19NO/c26-24(18-11-13-25-14-12-18)19-6-5-17-8-9-21-20-4-2-1-3-16(20)7-10-22(21)23(17)15-19/h1-4,8-15,19H,5-7H2. The van der Waals surface area contributed by atoms with Gasteiger partial charge in [0.25, 0.3) is 0 Å². The second kappa shape index (κ2) is 6.06. The molecule has 2 nitrogen and oxygen atoms in total. The van der Waals surface area contributed by atoms with Crippen LogP contribution in [0.5, 0.6) is 0 Å². The van der Waals surface area contributed by atoms with Crippen molar-refractivity contribution in [1.82, 2.24) is 4.98 Å². The molecule has 0 saturated heterocycles. The molecule has 0 spiro atoms. The maximum absolute atomic E-state index is 12.9. The molecule has 1 heterocycles. The molecule has 0 saturated carbocycles. The Kier molecular flexibility index (Phi) is 3.56. The zero-order valence-corrected chi connectivity index (χ0v) is 14.5. The van der Waals surface area contributed by atoms with Crippen LogP contribution in [0, 0.1) is 5.92 Å². The van der Waals surface area contributed by atoms with Crippen LogP contribution in [0.3, 0.4) is 0 Å². The lowest BCUT2D eigenvalue weighted by atomic mass is 9.82. The molecule has 5 rings (SSSR count). The van der Waals surface area contributed by atoms with Crippen molar-refractivity contribution in [2.75, 3.05) is 0 Å². The van der Waals surface area contributed by atoms with Crippen LogP contribution in [0.15, 0.2) is 60.9 Å². The molecule has 2 aromatic carbocycles. The van der Waals surface area contributed by atoms with E-state index in [0.29, 0.717) is 0 Å². The summed E-state index contributed by atoms with van der Waals surface area (Å²) >= 11 is 0. The molecule has 0 aliphatic heterocycles. The quantitative estimate of drug-likeness (QED) is 0.672. The van der Waals surface area contributed by atoms with Gasteiger partial charge in [-0.05, 0) is 64.1 Å². The Morgan fingerprint density at radius 3 is 2.62 bits per heavy atom. The molecule has 0 N–H and O–H groups in total. The highest BCUT2D eigenvalue weighted by Crippen LogP contribution is 2.26. The number of ketones is 1. The van der Waals surface area contributed by atoms with E-state index in [2.05, 4.69) is 53.5 Å². The lowest BCUT2D eigenvalue weighted by molar-refractivity contribution is 0.0946. The molecule has 0 amide bonds. The van der Waals surface area contributed by atoms with Gasteiger partial charge in [-0.2, -0.15) is 0 Å². The molecular formula is C24H19NO. The third-order valence-electron chi connectivity index (χ3n) is 5.61. The molecule has 3 aromatic rings. The fraction of sp³-hybridized carbons (Fsp3) is 0.167. The van der Waals surface area contributed by atoms with E-state index in [-0.39, 0.29) is 11.7 Å². The van der Waals surface area contributed by atoms with E-state index in [1.54, 1.807) is 12.4 Å². The number of carbonyl (C=O) groups excluding carboxylic acids is 1. The van der Waals surface area contributed by atoms with E-state index in [1.165, 1.54) is 32.7 Å². The maximum Gasteiger partial charge on any atom is 0.169 e. The summed E-state index contributed by atoms with van der Waals surface area (Å²) in [7, 11) is 0. The van der Waals surface area contributed by atoms with Crippen molar-refractivity contribution in [3.63, 3.8) is 0 Å². The maximum atomic E-state index is 12.9. The Bertz CT molecular complexity index is 1130. The van der Waals surface area contributed by atoms with Gasteiger partial charge in [0.05, 0.1) is 0 Å². The normalized spacial score (nSPS) is 17.2. The van der Waals surface area contributed by atoms with Gasteiger partial charge in [0, 0.05) is 23.9 Å². The van der Waals surface area contributed by atoms with Crippen LogP contribution >= 0.6 is 0 Å². The predicted octanol–water partition coefficient (Wildman–Crippen LogP) is 3.31. The number of nitrogens with zero attached hydrogens (tertiary/aromatic N) is 1. The van der Waals surface area contributed by atoms with Crippen LogP contribution in [0.25, 0.3) is 23.3 Å². The average Bonchev–Trinajstić information content (AvgIpc) is 2.73. The van der Waals surface area contributed by atoms with Crippen LogP contribution in [0.1, 0.15) is 27.9 Å². The first-order valence-corrected chi connectivity index (χ1v) is 9.18. The number of carbonyl (C=O) groups is 1. The van der Waals surface area contributed by atoms with Crippen molar-refractivity contribution in [3.8, 4) is 11.1 Å². The Hall–Kier alpha value is -3.00. The number of aromatic nitrogens is 1. The number of benzene rings is 2. The zero-order chi connectivity index (χ0) is 17.5. The van der Waals surface area contributed by atoms with Crippen molar-refractivity contribution in [1.29, 1.82) is 0 Å². The molecule has 0 radical (unpaired) electrons. The molecule has 2 aliphatic rings. The lowest BCUT2D eigenvalue weighted by Gasteiger charge is -2.21. The molecule has 1 unspecified atom stereocenters. The van der Waals surface area contributed by atoms with Crippen LogP contribution in [-0.2, 0) is 12.8 Å². The molecular weight excluding hydrogens is 318 g/mol. The molecule has 0 bridgehead atoms. The molecule has 126 valence electrons. The lowest BCUT2D eigenvalue weighted by Crippen LogP contribution is -2.37. The minimum Gasteiger partial charge on any atom is -0.294 e. The van der Waals surface area contributed by atoms with Gasteiger partial charge >= 0.3 is 0 Å². The second-order valence-corrected chi connectivity index (χ2v) is 7.08. The third-order valence-corrected chi connectivity index (χ3v) is 5.61. The minimum absolute atomic E-state index is 0.0537. The molecule has 1 atom stereocenters. The van der Waals surface area contributed by atoms with Crippen molar-refractivity contribution in [2.45, 2.75) is 19.3 Å². The Morgan fingerprint density at radius 2 is 1.73 bits per heavy atom. The largest absolute Gasteiger partial charge is 0.294 e. The van der Waals surface area contributed by atoms with Crippen LogP contribution < -0.4 is 10.4 Å². The van der Waals surface area contributed by atoms with Crippen molar-refractivity contribution < 1.29 is 4.79 Å². The van der Waals surface area contributed by atoms with Crippen molar-refractivity contribution >= 4 is 17.9 Å². The van der Waals surface area contributed by atoms with Crippen LogP contribution in [0.4, 0.5) is 0 Å². The first-order chi connectivity index (χ1) is 12.8. The van der Waals surface area contributed by atoms with Crippen molar-refractivity contribution in [2.24, 2.45) is 5.92 Å². The summed E-state index contributed by atoms with van der Waals surface area (Å²) in [5.74, 6) is 0.147. The summed E-state index contributed by atoms with van der Waals surface area (Å²) < 4.78 is 0. The molecule has 2 aliphatic carbocycles. The number of hydrogen-bond donors (Lipinski definition) is 0. The number of fused-ring (bicyclic) bond motifs is 5. The highest BCUT2D eigenvalue weighted by atomic mass is 16.1. The first kappa shape index (κ1) is 15.3. The van der Waals surface area contributed by atoms with Crippen molar-refractivity contribution in [3.05, 3.63) is 88.1 Å². The fourth-order valence-electron chi connectivity index (χ4n) is 4.26. The molecule has 1 aromatic heterocycles. The van der Waals surface area contributed by atoms with Gasteiger partial charge in [-0.3, -0.25) is 9.78 Å². The summed E-state index contributed by atoms with van der Waals surface area (Å²) in [6.45, 7) is 0. The van der Waals surface area contributed by atoms with E-state index < -0.39 is 0 Å². The summed E-state index contributed by atoms with van der Waals surface area (Å²) in [4.78, 5) is 16.9. The minimum atomic E-state index is -0.0537. The first-order valence-electron chi connectivity index (χ1n) is 9.18. The predicted molar refractivity (Wildman–Crippen MR) is 104 cm³/mol. The van der Waals surface area contributed by atoms with Gasteiger partial charge in [0.15, 0.2) is 5.78 Å². The van der Waals surface area contributed by atoms with E-state index >= 15 is 0 Å². The number of hydrogen-bond acceptors (Lipinski definition) is 2. The molecule has 26 heavy (non-hydrogen) atoms. The highest BCUT2D eigenvalue weighted by molar-refractivity contribution is 6.01. The van der Waals surface area contributed by atoms with Gasteiger partial charge in [-0.1, -0.05) is 48.6 Å². The zero-order valence-electron chi connectivity index (χ0n) is 14.5. The monoisotopic (exact) mass is 337 g/mol. The molecule has 2 heteroatoms. The van der Waals surface area contributed by atoms with E-state index in [4.69, 9.17) is 0 Å². The van der Waals surface area contributed by atoms with Crippen LogP contribution in [-0.4, -0.2) is 10.8 Å². The van der Waals surface area contributed by atoms with E-state index in [9.17, 15) is 4.79 Å². The summed E-state index contributed by atoms with van der Waals surface area (Å²) in [6.07, 6.45) is 10.7. The SMILES string of the molecule is O=C(c1ccncc1)C1C=c2c(ccc3c2=CCc2ccccc2-3)CC1. The fourth-order valence-corrected chi connectivity index (χ4v) is 4.26. The summed E-state index contributed by atoms with van der Waals surface area (Å²) in [5, 5.41) is 2.56. The third kappa shape index (κ3) is 2.41. The number of pyridine rings is 1. The molecule has 0 fully saturated rings. The van der Waals surface area contributed by atoms with Crippen LogP contribution in [0.2, 0.25) is 0 Å².